The second-order valence-corrected chi connectivity index (χ2v) is 22.7. The van der Waals surface area contributed by atoms with Gasteiger partial charge in [-0.05, 0) is 0 Å². The van der Waals surface area contributed by atoms with Gasteiger partial charge in [-0.25, -0.2) is 0 Å². The van der Waals surface area contributed by atoms with Crippen molar-refractivity contribution in [2.75, 3.05) is 6.61 Å². The molecule has 1 aliphatic rings. The molecule has 1 aliphatic heterocycles. The fourth-order valence-corrected chi connectivity index (χ4v) is 21.7. The van der Waals surface area contributed by atoms with Gasteiger partial charge in [-0.2, -0.15) is 0 Å². The molecule has 2 rings (SSSR count). The number of unbranched alkanes of at least 4 members (excludes halogenated alkanes) is 3. The Kier molecular flexibility index (Phi) is 12.0. The topological polar surface area (TPSA) is 18.5 Å². The molecule has 0 bridgehead atoms. The molecule has 0 amide bonds. The number of benzene rings is 1. The van der Waals surface area contributed by atoms with Crippen LogP contribution in [-0.2, 0) is 16.1 Å². The van der Waals surface area contributed by atoms with E-state index in [0.717, 1.165) is 13.0 Å². The second-order valence-electron chi connectivity index (χ2n) is 8.55. The van der Waals surface area contributed by atoms with Crippen LogP contribution >= 0.6 is 15.9 Å². The number of ether oxygens (including phenoxy) is 2. The van der Waals surface area contributed by atoms with Gasteiger partial charge in [-0.1, -0.05) is 0 Å². The fourth-order valence-electron chi connectivity index (χ4n) is 4.43. The van der Waals surface area contributed by atoms with Crippen LogP contribution in [0.15, 0.2) is 22.7 Å². The molecule has 1 aromatic carbocycles. The second kappa shape index (κ2) is 13.7. The third kappa shape index (κ3) is 7.92. The molecule has 2 nitrogen and oxygen atoms in total. The van der Waals surface area contributed by atoms with Crippen molar-refractivity contribution in [2.24, 2.45) is 0 Å². The molecule has 0 spiro atoms. The third-order valence-corrected chi connectivity index (χ3v) is 22.2. The molecule has 0 saturated carbocycles. The van der Waals surface area contributed by atoms with Gasteiger partial charge in [0, 0.05) is 0 Å². The summed E-state index contributed by atoms with van der Waals surface area (Å²) in [5.41, 5.74) is 1.32. The van der Waals surface area contributed by atoms with Crippen LogP contribution < -0.4 is 3.58 Å². The summed E-state index contributed by atoms with van der Waals surface area (Å²) in [5, 5.41) is 0. The van der Waals surface area contributed by atoms with E-state index in [1.807, 2.05) is 0 Å². The van der Waals surface area contributed by atoms with Crippen LogP contribution in [0.5, 0.6) is 0 Å². The molecule has 0 N–H and O–H groups in total. The molecule has 160 valence electrons. The zero-order chi connectivity index (χ0) is 20.2. The third-order valence-electron chi connectivity index (χ3n) is 6.17. The Bertz CT molecular complexity index is 536. The number of hydrogen-bond acceptors (Lipinski definition) is 2. The van der Waals surface area contributed by atoms with E-state index in [0.29, 0.717) is 6.61 Å². The van der Waals surface area contributed by atoms with Crippen molar-refractivity contribution in [3.05, 3.63) is 28.2 Å². The maximum atomic E-state index is 6.12. The van der Waals surface area contributed by atoms with Crippen LogP contribution in [0.25, 0.3) is 0 Å². The average Bonchev–Trinajstić information content (AvgIpc) is 2.72. The molecule has 1 saturated heterocycles. The van der Waals surface area contributed by atoms with Crippen LogP contribution in [0.2, 0.25) is 13.3 Å². The molecular formula is C24H41BrO2Sn. The Hall–Kier alpha value is 0.419. The maximum absolute atomic E-state index is 6.12. The zero-order valence-electron chi connectivity index (χ0n) is 18.4. The Morgan fingerprint density at radius 2 is 1.61 bits per heavy atom. The SMILES string of the molecule is CCC[CH2][Sn]([CH2]CCC)([CH2]CCC)[c]1cc(Br)cc(COC2CCCCO2)c1. The predicted octanol–water partition coefficient (Wildman–Crippen LogP) is 7.55. The monoisotopic (exact) mass is 560 g/mol. The van der Waals surface area contributed by atoms with Crippen molar-refractivity contribution in [3.8, 4) is 0 Å². The summed E-state index contributed by atoms with van der Waals surface area (Å²) in [5.74, 6) is 0. The van der Waals surface area contributed by atoms with Gasteiger partial charge in [-0.3, -0.25) is 0 Å². The van der Waals surface area contributed by atoms with Gasteiger partial charge in [0.25, 0.3) is 0 Å². The van der Waals surface area contributed by atoms with Gasteiger partial charge in [-0.15, -0.1) is 0 Å². The van der Waals surface area contributed by atoms with Crippen molar-refractivity contribution in [1.82, 2.24) is 0 Å². The molecule has 0 aromatic heterocycles. The van der Waals surface area contributed by atoms with Crippen LogP contribution in [0.1, 0.15) is 84.1 Å². The Morgan fingerprint density at radius 1 is 0.964 bits per heavy atom. The number of hydrogen-bond donors (Lipinski definition) is 0. The van der Waals surface area contributed by atoms with E-state index in [4.69, 9.17) is 9.47 Å². The van der Waals surface area contributed by atoms with Crippen LogP contribution in [0, 0.1) is 0 Å². The number of halogens is 1. The van der Waals surface area contributed by atoms with Gasteiger partial charge in [0.2, 0.25) is 0 Å². The van der Waals surface area contributed by atoms with E-state index in [2.05, 4.69) is 54.9 Å². The molecule has 4 heteroatoms. The summed E-state index contributed by atoms with van der Waals surface area (Å²) < 4.78 is 19.4. The van der Waals surface area contributed by atoms with Gasteiger partial charge in [0.05, 0.1) is 0 Å². The fraction of sp³-hybridized carbons (Fsp3) is 0.750. The molecule has 1 atom stereocenters. The van der Waals surface area contributed by atoms with Crippen LogP contribution in [0.3, 0.4) is 0 Å². The van der Waals surface area contributed by atoms with E-state index in [9.17, 15) is 0 Å². The Labute approximate surface area is 186 Å². The average molecular weight is 560 g/mol. The summed E-state index contributed by atoms with van der Waals surface area (Å²) in [6.07, 6.45) is 11.6. The van der Waals surface area contributed by atoms with Crippen molar-refractivity contribution >= 4 is 37.9 Å². The normalized spacial score (nSPS) is 17.8. The molecular weight excluding hydrogens is 519 g/mol. The van der Waals surface area contributed by atoms with Gasteiger partial charge < -0.3 is 0 Å². The Balaban J connectivity index is 2.22. The zero-order valence-corrected chi connectivity index (χ0v) is 22.8. The van der Waals surface area contributed by atoms with Crippen molar-refractivity contribution < 1.29 is 9.47 Å². The molecule has 0 aliphatic carbocycles. The summed E-state index contributed by atoms with van der Waals surface area (Å²) in [4.78, 5) is 0. The van der Waals surface area contributed by atoms with E-state index < -0.39 is 18.4 Å². The van der Waals surface area contributed by atoms with Crippen LogP contribution in [0.4, 0.5) is 0 Å². The first-order valence-corrected chi connectivity index (χ1v) is 19.9. The number of rotatable bonds is 13. The quantitative estimate of drug-likeness (QED) is 0.232. The molecule has 1 fully saturated rings. The summed E-state index contributed by atoms with van der Waals surface area (Å²) in [7, 11) is 0. The summed E-state index contributed by atoms with van der Waals surface area (Å²) in [6, 6.07) is 7.24. The minimum atomic E-state index is -2.40. The van der Waals surface area contributed by atoms with Gasteiger partial charge >= 0.3 is 187 Å². The van der Waals surface area contributed by atoms with Crippen molar-refractivity contribution in [3.63, 3.8) is 0 Å². The van der Waals surface area contributed by atoms with E-state index in [1.54, 1.807) is 3.58 Å². The summed E-state index contributed by atoms with van der Waals surface area (Å²) >= 11 is 1.42. The molecule has 1 heterocycles. The molecule has 28 heavy (non-hydrogen) atoms. The summed E-state index contributed by atoms with van der Waals surface area (Å²) in [6.45, 7) is 8.56. The Morgan fingerprint density at radius 3 is 2.14 bits per heavy atom. The molecule has 1 aromatic rings. The van der Waals surface area contributed by atoms with Crippen molar-refractivity contribution in [1.29, 1.82) is 0 Å². The molecule has 1 unspecified atom stereocenters. The van der Waals surface area contributed by atoms with Crippen LogP contribution in [-0.4, -0.2) is 31.3 Å². The minimum absolute atomic E-state index is 0.00951. The van der Waals surface area contributed by atoms with Gasteiger partial charge in [0.1, 0.15) is 0 Å². The van der Waals surface area contributed by atoms with E-state index in [-0.39, 0.29) is 6.29 Å². The van der Waals surface area contributed by atoms with Gasteiger partial charge in [0.15, 0.2) is 0 Å². The molecule has 0 radical (unpaired) electrons. The first kappa shape index (κ1) is 24.7. The van der Waals surface area contributed by atoms with E-state index >= 15 is 0 Å². The first-order valence-electron chi connectivity index (χ1n) is 11.7. The predicted molar refractivity (Wildman–Crippen MR) is 127 cm³/mol. The first-order chi connectivity index (χ1) is 13.6. The van der Waals surface area contributed by atoms with Crippen molar-refractivity contribution in [2.45, 2.75) is 105 Å². The standard InChI is InChI=1S/C12H14BrO2.3C4H9.Sn/c13-11-5-3-4-10(8-11)9-15-12-6-1-2-7-14-12;3*1-3-4-2;/h4-5,8,12H,1-2,6-7,9H2;3*1,3-4H2,2H3;. The van der Waals surface area contributed by atoms with E-state index in [1.165, 1.54) is 74.7 Å².